The lowest BCUT2D eigenvalue weighted by Gasteiger charge is -2.26. The molecule has 4 nitrogen and oxygen atoms in total. The van der Waals surface area contributed by atoms with Crippen molar-refractivity contribution in [1.29, 1.82) is 0 Å². The topological polar surface area (TPSA) is 42.5 Å². The lowest BCUT2D eigenvalue weighted by atomic mass is 10.1. The van der Waals surface area contributed by atoms with Crippen LogP contribution in [0.5, 0.6) is 0 Å². The molecule has 1 rings (SSSR count). The monoisotopic (exact) mass is 216 g/mol. The first-order valence-corrected chi connectivity index (χ1v) is 6.04. The van der Waals surface area contributed by atoms with Gasteiger partial charge in [-0.1, -0.05) is 0 Å². The van der Waals surface area contributed by atoms with Crippen molar-refractivity contribution in [2.75, 3.05) is 32.8 Å². The van der Waals surface area contributed by atoms with Crippen molar-refractivity contribution >= 4 is 0 Å². The second kappa shape index (κ2) is 8.05. The molecule has 0 atom stereocenters. The van der Waals surface area contributed by atoms with Gasteiger partial charge >= 0.3 is 0 Å². The van der Waals surface area contributed by atoms with E-state index < -0.39 is 0 Å². The van der Waals surface area contributed by atoms with E-state index in [-0.39, 0.29) is 6.29 Å². The van der Waals surface area contributed by atoms with Gasteiger partial charge in [-0.15, -0.1) is 0 Å². The molecule has 90 valence electrons. The number of hydrogen-bond acceptors (Lipinski definition) is 4. The van der Waals surface area contributed by atoms with E-state index in [1.54, 1.807) is 0 Å². The fourth-order valence-electron chi connectivity index (χ4n) is 1.83. The minimum Gasteiger partial charge on any atom is -0.352 e. The van der Waals surface area contributed by atoms with Crippen LogP contribution in [0.25, 0.3) is 0 Å². The molecular formula is C11H24N2O2. The molecule has 0 aliphatic carbocycles. The Labute approximate surface area is 92.7 Å². The van der Waals surface area contributed by atoms with E-state index in [1.807, 2.05) is 13.8 Å². The molecule has 1 aliphatic rings. The summed E-state index contributed by atoms with van der Waals surface area (Å²) in [5.41, 5.74) is 0. The molecule has 0 saturated carbocycles. The number of nitrogens with one attached hydrogen (secondary N) is 2. The summed E-state index contributed by atoms with van der Waals surface area (Å²) >= 11 is 0. The highest BCUT2D eigenvalue weighted by molar-refractivity contribution is 4.74. The van der Waals surface area contributed by atoms with E-state index in [0.29, 0.717) is 19.3 Å². The first-order chi connectivity index (χ1) is 7.36. The van der Waals surface area contributed by atoms with Gasteiger partial charge in [0.15, 0.2) is 6.29 Å². The van der Waals surface area contributed by atoms with Crippen molar-refractivity contribution in [3.8, 4) is 0 Å². The van der Waals surface area contributed by atoms with E-state index in [0.717, 1.165) is 19.6 Å². The SMILES string of the molecule is CCOC(CNC1CCNCC1)OCC. The van der Waals surface area contributed by atoms with Crippen LogP contribution in [0.2, 0.25) is 0 Å². The molecule has 0 aromatic carbocycles. The van der Waals surface area contributed by atoms with Gasteiger partial charge in [0.05, 0.1) is 0 Å². The van der Waals surface area contributed by atoms with Gasteiger partial charge in [0.2, 0.25) is 0 Å². The maximum absolute atomic E-state index is 5.47. The van der Waals surface area contributed by atoms with Gasteiger partial charge in [-0.2, -0.15) is 0 Å². The smallest absolute Gasteiger partial charge is 0.169 e. The van der Waals surface area contributed by atoms with E-state index in [4.69, 9.17) is 9.47 Å². The van der Waals surface area contributed by atoms with Gasteiger partial charge in [0.1, 0.15) is 0 Å². The highest BCUT2D eigenvalue weighted by Crippen LogP contribution is 2.03. The molecule has 2 N–H and O–H groups in total. The highest BCUT2D eigenvalue weighted by Gasteiger charge is 2.14. The van der Waals surface area contributed by atoms with Crippen LogP contribution in [-0.2, 0) is 9.47 Å². The zero-order valence-electron chi connectivity index (χ0n) is 9.92. The second-order valence-electron chi connectivity index (χ2n) is 3.77. The van der Waals surface area contributed by atoms with Crippen molar-refractivity contribution in [3.05, 3.63) is 0 Å². The van der Waals surface area contributed by atoms with Crippen molar-refractivity contribution in [2.24, 2.45) is 0 Å². The van der Waals surface area contributed by atoms with Crippen LogP contribution in [0.4, 0.5) is 0 Å². The quantitative estimate of drug-likeness (QED) is 0.616. The van der Waals surface area contributed by atoms with Gasteiger partial charge in [-0.25, -0.2) is 0 Å². The van der Waals surface area contributed by atoms with Crippen molar-refractivity contribution in [3.63, 3.8) is 0 Å². The Kier molecular flexibility index (Phi) is 6.92. The van der Waals surface area contributed by atoms with Crippen molar-refractivity contribution < 1.29 is 9.47 Å². The number of rotatable bonds is 7. The fourth-order valence-corrected chi connectivity index (χ4v) is 1.83. The average Bonchev–Trinajstić information content (AvgIpc) is 2.28. The summed E-state index contributed by atoms with van der Waals surface area (Å²) < 4.78 is 10.9. The maximum atomic E-state index is 5.47. The normalized spacial score (nSPS) is 18.6. The third kappa shape index (κ3) is 5.47. The molecule has 4 heteroatoms. The first-order valence-electron chi connectivity index (χ1n) is 6.04. The van der Waals surface area contributed by atoms with Crippen LogP contribution in [0.3, 0.4) is 0 Å². The van der Waals surface area contributed by atoms with Crippen molar-refractivity contribution in [2.45, 2.75) is 39.0 Å². The minimum absolute atomic E-state index is 0.0881. The summed E-state index contributed by atoms with van der Waals surface area (Å²) in [6, 6.07) is 0.620. The summed E-state index contributed by atoms with van der Waals surface area (Å²) in [6.45, 7) is 8.44. The van der Waals surface area contributed by atoms with Gasteiger partial charge < -0.3 is 20.1 Å². The first kappa shape index (κ1) is 12.9. The molecule has 0 aromatic rings. The van der Waals surface area contributed by atoms with Gasteiger partial charge in [-0.05, 0) is 39.8 Å². The van der Waals surface area contributed by atoms with Crippen LogP contribution in [-0.4, -0.2) is 45.2 Å². The molecular weight excluding hydrogens is 192 g/mol. The molecule has 0 bridgehead atoms. The standard InChI is InChI=1S/C11H24N2O2/c1-3-14-11(15-4-2)9-13-10-5-7-12-8-6-10/h10-13H,3-9H2,1-2H3. The Bertz CT molecular complexity index is 144. The molecule has 0 unspecified atom stereocenters. The third-order valence-electron chi connectivity index (χ3n) is 2.62. The van der Waals surface area contributed by atoms with E-state index in [9.17, 15) is 0 Å². The highest BCUT2D eigenvalue weighted by atomic mass is 16.7. The maximum Gasteiger partial charge on any atom is 0.169 e. The van der Waals surface area contributed by atoms with E-state index in [1.165, 1.54) is 12.8 Å². The second-order valence-corrected chi connectivity index (χ2v) is 3.77. The summed E-state index contributed by atoms with van der Waals surface area (Å²) in [4.78, 5) is 0. The molecule has 0 aromatic heterocycles. The number of ether oxygens (including phenoxy) is 2. The van der Waals surface area contributed by atoms with E-state index >= 15 is 0 Å². The predicted octanol–water partition coefficient (Wildman–Crippen LogP) is 0.727. The Morgan fingerprint density at radius 1 is 1.20 bits per heavy atom. The molecule has 1 heterocycles. The molecule has 1 aliphatic heterocycles. The van der Waals surface area contributed by atoms with Crippen LogP contribution in [0, 0.1) is 0 Å². The van der Waals surface area contributed by atoms with Gasteiger partial charge in [0, 0.05) is 25.8 Å². The molecule has 15 heavy (non-hydrogen) atoms. The predicted molar refractivity (Wildman–Crippen MR) is 60.9 cm³/mol. The zero-order chi connectivity index (χ0) is 10.9. The lowest BCUT2D eigenvalue weighted by Crippen LogP contribution is -2.43. The van der Waals surface area contributed by atoms with Gasteiger partial charge in [0.25, 0.3) is 0 Å². The Hall–Kier alpha value is -0.160. The Balaban J connectivity index is 2.13. The summed E-state index contributed by atoms with van der Waals surface area (Å²) in [6.07, 6.45) is 2.31. The molecule has 0 spiro atoms. The van der Waals surface area contributed by atoms with Gasteiger partial charge in [-0.3, -0.25) is 0 Å². The number of piperidine rings is 1. The molecule has 1 fully saturated rings. The molecule has 0 radical (unpaired) electrons. The Morgan fingerprint density at radius 2 is 1.80 bits per heavy atom. The van der Waals surface area contributed by atoms with Crippen LogP contribution < -0.4 is 10.6 Å². The zero-order valence-corrected chi connectivity index (χ0v) is 9.92. The summed E-state index contributed by atoms with van der Waals surface area (Å²) in [5.74, 6) is 0. The Morgan fingerprint density at radius 3 is 2.33 bits per heavy atom. The largest absolute Gasteiger partial charge is 0.352 e. The lowest BCUT2D eigenvalue weighted by molar-refractivity contribution is -0.134. The van der Waals surface area contributed by atoms with E-state index in [2.05, 4.69) is 10.6 Å². The van der Waals surface area contributed by atoms with Crippen LogP contribution >= 0.6 is 0 Å². The number of hydrogen-bond donors (Lipinski definition) is 2. The molecule has 0 amide bonds. The fraction of sp³-hybridized carbons (Fsp3) is 1.00. The third-order valence-corrected chi connectivity index (χ3v) is 2.62. The average molecular weight is 216 g/mol. The van der Waals surface area contributed by atoms with Crippen LogP contribution in [0.1, 0.15) is 26.7 Å². The summed E-state index contributed by atoms with van der Waals surface area (Å²) in [7, 11) is 0. The van der Waals surface area contributed by atoms with Crippen molar-refractivity contribution in [1.82, 2.24) is 10.6 Å². The minimum atomic E-state index is -0.0881. The molecule has 1 saturated heterocycles. The van der Waals surface area contributed by atoms with Crippen LogP contribution in [0.15, 0.2) is 0 Å². The summed E-state index contributed by atoms with van der Waals surface area (Å²) in [5, 5.41) is 6.85.